The number of amides is 1. The SMILES string of the molecule is COC1=Nc2c3c(cnc2=CC1)=NC(=O)C(C1CCC(N)CC1)O3. The van der Waals surface area contributed by atoms with E-state index in [1.54, 1.807) is 13.3 Å². The van der Waals surface area contributed by atoms with Crippen LogP contribution in [0.1, 0.15) is 32.1 Å². The highest BCUT2D eigenvalue weighted by Crippen LogP contribution is 2.32. The molecule has 126 valence electrons. The fourth-order valence-corrected chi connectivity index (χ4v) is 3.53. The molecule has 24 heavy (non-hydrogen) atoms. The first-order chi connectivity index (χ1) is 11.7. The van der Waals surface area contributed by atoms with Crippen molar-refractivity contribution >= 4 is 23.6 Å². The number of hydrogen-bond donors (Lipinski definition) is 1. The van der Waals surface area contributed by atoms with E-state index in [1.165, 1.54) is 0 Å². The predicted molar refractivity (Wildman–Crippen MR) is 87.6 cm³/mol. The van der Waals surface area contributed by atoms with Gasteiger partial charge in [0.05, 0.1) is 18.7 Å². The normalized spacial score (nSPS) is 28.5. The molecular weight excluding hydrogens is 308 g/mol. The van der Waals surface area contributed by atoms with E-state index in [1.807, 2.05) is 6.08 Å². The number of ether oxygens (including phenoxy) is 2. The van der Waals surface area contributed by atoms with Crippen LogP contribution in [0.15, 0.2) is 16.2 Å². The van der Waals surface area contributed by atoms with Crippen LogP contribution in [0.4, 0.5) is 5.69 Å². The highest BCUT2D eigenvalue weighted by atomic mass is 16.5. The summed E-state index contributed by atoms with van der Waals surface area (Å²) in [6, 6.07) is 0.226. The molecule has 1 aromatic heterocycles. The Labute approximate surface area is 139 Å². The van der Waals surface area contributed by atoms with Gasteiger partial charge in [-0.25, -0.2) is 9.98 Å². The van der Waals surface area contributed by atoms with Crippen molar-refractivity contribution in [3.63, 3.8) is 0 Å². The van der Waals surface area contributed by atoms with Gasteiger partial charge in [0, 0.05) is 18.4 Å². The van der Waals surface area contributed by atoms with Gasteiger partial charge in [-0.2, -0.15) is 0 Å². The molecule has 1 aromatic rings. The lowest BCUT2D eigenvalue weighted by molar-refractivity contribution is -0.128. The number of rotatable bonds is 1. The zero-order chi connectivity index (χ0) is 16.7. The van der Waals surface area contributed by atoms with Crippen molar-refractivity contribution in [3.8, 4) is 5.75 Å². The zero-order valence-electron chi connectivity index (χ0n) is 13.6. The highest BCUT2D eigenvalue weighted by Gasteiger charge is 2.36. The second kappa shape index (κ2) is 5.98. The molecule has 7 heteroatoms. The van der Waals surface area contributed by atoms with Crippen LogP contribution < -0.4 is 21.2 Å². The van der Waals surface area contributed by atoms with E-state index in [9.17, 15) is 4.79 Å². The lowest BCUT2D eigenvalue weighted by atomic mass is 9.82. The molecule has 0 bridgehead atoms. The molecule has 2 N–H and O–H groups in total. The van der Waals surface area contributed by atoms with Crippen LogP contribution >= 0.6 is 0 Å². The Morgan fingerprint density at radius 2 is 2.04 bits per heavy atom. The zero-order valence-corrected chi connectivity index (χ0v) is 13.6. The fraction of sp³-hybridized carbons (Fsp3) is 0.529. The number of nitrogens with two attached hydrogens (primary N) is 1. The van der Waals surface area contributed by atoms with Crippen LogP contribution in [0.25, 0.3) is 6.08 Å². The molecule has 3 aliphatic rings. The Kier molecular flexibility index (Phi) is 3.80. The molecule has 1 saturated carbocycles. The number of carbonyl (C=O) groups is 1. The van der Waals surface area contributed by atoms with Crippen molar-refractivity contribution in [3.05, 3.63) is 16.9 Å². The van der Waals surface area contributed by atoms with E-state index in [0.29, 0.717) is 29.1 Å². The van der Waals surface area contributed by atoms with Gasteiger partial charge in [0.1, 0.15) is 11.0 Å². The summed E-state index contributed by atoms with van der Waals surface area (Å²) in [4.78, 5) is 25.4. The fourth-order valence-electron chi connectivity index (χ4n) is 3.53. The minimum Gasteiger partial charge on any atom is -0.484 e. The van der Waals surface area contributed by atoms with Gasteiger partial charge in [-0.05, 0) is 31.8 Å². The number of pyridine rings is 1. The molecule has 7 nitrogen and oxygen atoms in total. The van der Waals surface area contributed by atoms with Crippen LogP contribution in [-0.2, 0) is 9.53 Å². The quantitative estimate of drug-likeness (QED) is 0.803. The van der Waals surface area contributed by atoms with Crippen molar-refractivity contribution in [2.45, 2.75) is 44.2 Å². The number of carbonyl (C=O) groups excluding carboxylic acids is 1. The lowest BCUT2D eigenvalue weighted by Crippen LogP contribution is -2.43. The summed E-state index contributed by atoms with van der Waals surface area (Å²) in [5, 5.41) is 1.18. The maximum atomic E-state index is 12.4. The van der Waals surface area contributed by atoms with Crippen molar-refractivity contribution in [1.82, 2.24) is 4.98 Å². The first kappa shape index (κ1) is 15.3. The van der Waals surface area contributed by atoms with E-state index in [0.717, 1.165) is 31.0 Å². The van der Waals surface area contributed by atoms with E-state index in [4.69, 9.17) is 15.2 Å². The third-order valence-corrected chi connectivity index (χ3v) is 4.92. The number of hydrogen-bond acceptors (Lipinski definition) is 6. The Balaban J connectivity index is 1.72. The first-order valence-electron chi connectivity index (χ1n) is 8.31. The first-order valence-corrected chi connectivity index (χ1v) is 8.31. The highest BCUT2D eigenvalue weighted by molar-refractivity contribution is 5.88. The van der Waals surface area contributed by atoms with Gasteiger partial charge in [-0.1, -0.05) is 0 Å². The number of methoxy groups -OCH3 is 1. The molecule has 0 spiro atoms. The van der Waals surface area contributed by atoms with Gasteiger partial charge in [0.15, 0.2) is 17.8 Å². The third-order valence-electron chi connectivity index (χ3n) is 4.92. The Morgan fingerprint density at radius 3 is 2.79 bits per heavy atom. The summed E-state index contributed by atoms with van der Waals surface area (Å²) in [5.74, 6) is 1.04. The van der Waals surface area contributed by atoms with Gasteiger partial charge in [-0.3, -0.25) is 9.78 Å². The van der Waals surface area contributed by atoms with Crippen LogP contribution in [0.5, 0.6) is 5.75 Å². The van der Waals surface area contributed by atoms with Crippen molar-refractivity contribution < 1.29 is 14.3 Å². The summed E-state index contributed by atoms with van der Waals surface area (Å²) in [6.45, 7) is 0. The van der Waals surface area contributed by atoms with Crippen molar-refractivity contribution in [1.29, 1.82) is 0 Å². The van der Waals surface area contributed by atoms with Gasteiger partial charge in [0.2, 0.25) is 0 Å². The molecule has 1 fully saturated rings. The van der Waals surface area contributed by atoms with Gasteiger partial charge >= 0.3 is 0 Å². The van der Waals surface area contributed by atoms with E-state index in [2.05, 4.69) is 15.0 Å². The summed E-state index contributed by atoms with van der Waals surface area (Å²) in [6.07, 6.45) is 7.15. The smallest absolute Gasteiger partial charge is 0.287 e. The average Bonchev–Trinajstić information content (AvgIpc) is 2.61. The maximum Gasteiger partial charge on any atom is 0.287 e. The molecule has 1 aliphatic carbocycles. The Hall–Kier alpha value is -2.28. The van der Waals surface area contributed by atoms with Crippen LogP contribution in [0.2, 0.25) is 0 Å². The van der Waals surface area contributed by atoms with Crippen molar-refractivity contribution in [2.24, 2.45) is 21.6 Å². The Bertz CT molecular complexity index is 825. The molecule has 3 heterocycles. The maximum absolute atomic E-state index is 12.4. The monoisotopic (exact) mass is 328 g/mol. The van der Waals surface area contributed by atoms with Gasteiger partial charge < -0.3 is 15.2 Å². The van der Waals surface area contributed by atoms with E-state index in [-0.39, 0.29) is 17.9 Å². The minimum atomic E-state index is -0.556. The molecule has 2 aliphatic heterocycles. The molecule has 0 radical (unpaired) electrons. The molecule has 0 aromatic carbocycles. The second-order valence-corrected chi connectivity index (χ2v) is 6.49. The van der Waals surface area contributed by atoms with E-state index < -0.39 is 6.10 Å². The summed E-state index contributed by atoms with van der Waals surface area (Å²) < 4.78 is 11.3. The number of aromatic nitrogens is 1. The summed E-state index contributed by atoms with van der Waals surface area (Å²) >= 11 is 0. The molecule has 1 atom stereocenters. The topological polar surface area (TPSA) is 99.2 Å². The van der Waals surface area contributed by atoms with Crippen LogP contribution in [0.3, 0.4) is 0 Å². The molecule has 1 amide bonds. The summed E-state index contributed by atoms with van der Waals surface area (Å²) in [7, 11) is 1.59. The van der Waals surface area contributed by atoms with Crippen LogP contribution in [-0.4, -0.2) is 36.0 Å². The molecule has 4 rings (SSSR count). The standard InChI is InChI=1S/C17H20N4O3/c1-23-13-7-6-11-14(21-13)16-12(8-19-11)20-17(22)15(24-16)9-2-4-10(18)5-3-9/h6,8-10,15H,2-5,7,18H2,1H3. The minimum absolute atomic E-state index is 0.150. The molecule has 0 saturated heterocycles. The number of nitrogens with zero attached hydrogens (tertiary/aromatic N) is 3. The van der Waals surface area contributed by atoms with Gasteiger partial charge in [-0.15, -0.1) is 0 Å². The van der Waals surface area contributed by atoms with Crippen LogP contribution in [0, 0.1) is 5.92 Å². The number of fused-ring (bicyclic) bond motifs is 3. The van der Waals surface area contributed by atoms with Gasteiger partial charge in [0.25, 0.3) is 5.91 Å². The molecule has 1 unspecified atom stereocenters. The Morgan fingerprint density at radius 1 is 1.25 bits per heavy atom. The third kappa shape index (κ3) is 2.58. The lowest BCUT2D eigenvalue weighted by Gasteiger charge is -2.32. The molecular formula is C17H20N4O3. The van der Waals surface area contributed by atoms with E-state index >= 15 is 0 Å². The average molecular weight is 328 g/mol. The number of aliphatic imine (C=N–C) groups is 1. The summed E-state index contributed by atoms with van der Waals surface area (Å²) in [5.41, 5.74) is 6.57. The van der Waals surface area contributed by atoms with Crippen molar-refractivity contribution in [2.75, 3.05) is 7.11 Å². The largest absolute Gasteiger partial charge is 0.484 e. The predicted octanol–water partition coefficient (Wildman–Crippen LogP) is 0.367. The second-order valence-electron chi connectivity index (χ2n) is 6.49.